The van der Waals surface area contributed by atoms with Gasteiger partial charge in [-0.05, 0) is 30.2 Å². The molecule has 0 spiro atoms. The van der Waals surface area contributed by atoms with Crippen LogP contribution in [0.4, 0.5) is 5.69 Å². The fourth-order valence-electron chi connectivity index (χ4n) is 1.36. The van der Waals surface area contributed by atoms with Gasteiger partial charge in [-0.3, -0.25) is 4.79 Å². The molecule has 0 aliphatic rings. The summed E-state index contributed by atoms with van der Waals surface area (Å²) in [4.78, 5) is 22.4. The van der Waals surface area contributed by atoms with Crippen molar-refractivity contribution in [2.45, 2.75) is 27.7 Å². The van der Waals surface area contributed by atoms with Gasteiger partial charge in [0.25, 0.3) is 0 Å². The molecule has 0 aromatic heterocycles. The highest BCUT2D eigenvalue weighted by Crippen LogP contribution is 2.22. The number of amides is 1. The Morgan fingerprint density at radius 2 is 1.89 bits per heavy atom. The Bertz CT molecular complexity index is 525. The van der Waals surface area contributed by atoms with Crippen molar-refractivity contribution in [1.29, 1.82) is 0 Å². The molecule has 1 rings (SSSR count). The lowest BCUT2D eigenvalue weighted by atomic mass is 9.95. The Hall–Kier alpha value is -2.10. The van der Waals surface area contributed by atoms with Gasteiger partial charge in [-0.2, -0.15) is 0 Å². The third-order valence-electron chi connectivity index (χ3n) is 2.61. The topological polar surface area (TPSA) is 66.4 Å². The van der Waals surface area contributed by atoms with Gasteiger partial charge in [0, 0.05) is 17.2 Å². The van der Waals surface area contributed by atoms with E-state index in [1.54, 1.807) is 6.07 Å². The molecule has 2 N–H and O–H groups in total. The zero-order chi connectivity index (χ0) is 14.6. The molecule has 0 fully saturated rings. The van der Waals surface area contributed by atoms with Gasteiger partial charge in [0.2, 0.25) is 5.91 Å². The number of rotatable bonds is 3. The van der Waals surface area contributed by atoms with Crippen molar-refractivity contribution < 1.29 is 14.7 Å². The van der Waals surface area contributed by atoms with Crippen LogP contribution in [0.5, 0.6) is 0 Å². The zero-order valence-electron chi connectivity index (χ0n) is 11.7. The minimum atomic E-state index is -0.999. The van der Waals surface area contributed by atoms with Crippen LogP contribution in [0.2, 0.25) is 0 Å². The number of nitrogens with one attached hydrogen (secondary N) is 1. The summed E-state index contributed by atoms with van der Waals surface area (Å²) in [6.07, 6.45) is 2.56. The van der Waals surface area contributed by atoms with Gasteiger partial charge < -0.3 is 10.4 Å². The molecule has 19 heavy (non-hydrogen) atoms. The van der Waals surface area contributed by atoms with Crippen LogP contribution in [0, 0.1) is 12.3 Å². The molecule has 4 heteroatoms. The molecule has 0 saturated heterocycles. The Balaban J connectivity index is 2.98. The second-order valence-corrected chi connectivity index (χ2v) is 5.45. The Kier molecular flexibility index (Phi) is 4.48. The first kappa shape index (κ1) is 15.0. The Labute approximate surface area is 113 Å². The first-order chi connectivity index (χ1) is 8.70. The number of hydrogen-bond donors (Lipinski definition) is 2. The fraction of sp³-hybridized carbons (Fsp3) is 0.333. The summed E-state index contributed by atoms with van der Waals surface area (Å²) >= 11 is 0. The van der Waals surface area contributed by atoms with Crippen molar-refractivity contribution >= 4 is 23.6 Å². The monoisotopic (exact) mass is 261 g/mol. The molecule has 1 aromatic carbocycles. The number of carbonyl (C=O) groups is 2. The smallest absolute Gasteiger partial charge is 0.328 e. The summed E-state index contributed by atoms with van der Waals surface area (Å²) in [6.45, 7) is 7.41. The number of carboxylic acid groups (broad SMARTS) is 1. The normalized spacial score (nSPS) is 11.6. The standard InChI is InChI=1S/C15H19NO3/c1-10-5-6-11(7-8-13(17)18)9-12(10)16-14(19)15(2,3)4/h5-9H,1-4H3,(H,16,19)(H,17,18)/b8-7+. The Morgan fingerprint density at radius 1 is 1.26 bits per heavy atom. The number of benzene rings is 1. The molecule has 0 radical (unpaired) electrons. The first-order valence-electron chi connectivity index (χ1n) is 6.03. The van der Waals surface area contributed by atoms with E-state index in [1.807, 2.05) is 39.8 Å². The van der Waals surface area contributed by atoms with E-state index >= 15 is 0 Å². The summed E-state index contributed by atoms with van der Waals surface area (Å²) < 4.78 is 0. The molecule has 0 atom stereocenters. The maximum Gasteiger partial charge on any atom is 0.328 e. The van der Waals surface area contributed by atoms with Crippen LogP contribution < -0.4 is 5.32 Å². The lowest BCUT2D eigenvalue weighted by Crippen LogP contribution is -2.27. The molecule has 0 bridgehead atoms. The summed E-state index contributed by atoms with van der Waals surface area (Å²) in [5, 5.41) is 11.5. The van der Waals surface area contributed by atoms with Crippen LogP contribution in [0.15, 0.2) is 24.3 Å². The van der Waals surface area contributed by atoms with E-state index in [0.29, 0.717) is 5.69 Å². The predicted octanol–water partition coefficient (Wildman–Crippen LogP) is 3.08. The van der Waals surface area contributed by atoms with Gasteiger partial charge in [0.05, 0.1) is 0 Å². The maximum atomic E-state index is 11.9. The lowest BCUT2D eigenvalue weighted by molar-refractivity contribution is -0.131. The number of anilines is 1. The quantitative estimate of drug-likeness (QED) is 0.822. The highest BCUT2D eigenvalue weighted by atomic mass is 16.4. The van der Waals surface area contributed by atoms with E-state index in [9.17, 15) is 9.59 Å². The Morgan fingerprint density at radius 3 is 2.42 bits per heavy atom. The van der Waals surface area contributed by atoms with Gasteiger partial charge in [0.15, 0.2) is 0 Å². The number of carbonyl (C=O) groups excluding carboxylic acids is 1. The lowest BCUT2D eigenvalue weighted by Gasteiger charge is -2.19. The van der Waals surface area contributed by atoms with Gasteiger partial charge in [-0.25, -0.2) is 4.79 Å². The molecule has 0 unspecified atom stereocenters. The highest BCUT2D eigenvalue weighted by molar-refractivity contribution is 5.95. The summed E-state index contributed by atoms with van der Waals surface area (Å²) in [6, 6.07) is 5.42. The van der Waals surface area contributed by atoms with Gasteiger partial charge in [-0.15, -0.1) is 0 Å². The number of aryl methyl sites for hydroxylation is 1. The fourth-order valence-corrected chi connectivity index (χ4v) is 1.36. The maximum absolute atomic E-state index is 11.9. The third-order valence-corrected chi connectivity index (χ3v) is 2.61. The first-order valence-corrected chi connectivity index (χ1v) is 6.03. The van der Waals surface area contributed by atoms with E-state index in [0.717, 1.165) is 17.2 Å². The predicted molar refractivity (Wildman–Crippen MR) is 75.9 cm³/mol. The molecular formula is C15H19NO3. The van der Waals surface area contributed by atoms with E-state index < -0.39 is 11.4 Å². The minimum absolute atomic E-state index is 0.0741. The van der Waals surface area contributed by atoms with Crippen LogP contribution >= 0.6 is 0 Å². The third kappa shape index (κ3) is 4.58. The van der Waals surface area contributed by atoms with Crippen molar-refractivity contribution in [2.75, 3.05) is 5.32 Å². The minimum Gasteiger partial charge on any atom is -0.478 e. The van der Waals surface area contributed by atoms with Crippen molar-refractivity contribution in [3.8, 4) is 0 Å². The SMILES string of the molecule is Cc1ccc(/C=C/C(=O)O)cc1NC(=O)C(C)(C)C. The highest BCUT2D eigenvalue weighted by Gasteiger charge is 2.21. The molecule has 1 aromatic rings. The average molecular weight is 261 g/mol. The van der Waals surface area contributed by atoms with Crippen molar-refractivity contribution in [3.05, 3.63) is 35.4 Å². The summed E-state index contributed by atoms with van der Waals surface area (Å²) in [5.74, 6) is -1.07. The van der Waals surface area contributed by atoms with Gasteiger partial charge >= 0.3 is 5.97 Å². The molecule has 4 nitrogen and oxygen atoms in total. The van der Waals surface area contributed by atoms with Gasteiger partial charge in [0.1, 0.15) is 0 Å². The van der Waals surface area contributed by atoms with Crippen LogP contribution in [0.3, 0.4) is 0 Å². The second-order valence-electron chi connectivity index (χ2n) is 5.45. The van der Waals surface area contributed by atoms with Gasteiger partial charge in [-0.1, -0.05) is 32.9 Å². The average Bonchev–Trinajstić information content (AvgIpc) is 2.28. The van der Waals surface area contributed by atoms with Crippen molar-refractivity contribution in [3.63, 3.8) is 0 Å². The van der Waals surface area contributed by atoms with Crippen LogP contribution in [0.1, 0.15) is 31.9 Å². The molecular weight excluding hydrogens is 242 g/mol. The second kappa shape index (κ2) is 5.69. The van der Waals surface area contributed by atoms with E-state index in [2.05, 4.69) is 5.32 Å². The molecule has 0 saturated carbocycles. The molecule has 0 aliphatic carbocycles. The van der Waals surface area contributed by atoms with Crippen molar-refractivity contribution in [2.24, 2.45) is 5.41 Å². The summed E-state index contributed by atoms with van der Waals surface area (Å²) in [7, 11) is 0. The summed E-state index contributed by atoms with van der Waals surface area (Å²) in [5.41, 5.74) is 1.90. The van der Waals surface area contributed by atoms with Crippen LogP contribution in [0.25, 0.3) is 6.08 Å². The number of aliphatic carboxylic acids is 1. The van der Waals surface area contributed by atoms with E-state index in [1.165, 1.54) is 6.08 Å². The zero-order valence-corrected chi connectivity index (χ0v) is 11.7. The molecule has 1 amide bonds. The molecule has 0 aliphatic heterocycles. The van der Waals surface area contributed by atoms with E-state index in [4.69, 9.17) is 5.11 Å². The molecule has 0 heterocycles. The number of hydrogen-bond acceptors (Lipinski definition) is 2. The largest absolute Gasteiger partial charge is 0.478 e. The number of carboxylic acids is 1. The molecule has 102 valence electrons. The van der Waals surface area contributed by atoms with Crippen LogP contribution in [-0.2, 0) is 9.59 Å². The van der Waals surface area contributed by atoms with E-state index in [-0.39, 0.29) is 5.91 Å². The van der Waals surface area contributed by atoms with Crippen molar-refractivity contribution in [1.82, 2.24) is 0 Å². The van der Waals surface area contributed by atoms with Crippen LogP contribution in [-0.4, -0.2) is 17.0 Å².